The van der Waals surface area contributed by atoms with Gasteiger partial charge in [0.25, 0.3) is 0 Å². The molecule has 3 aromatic heterocycles. The lowest BCUT2D eigenvalue weighted by atomic mass is 10.1. The number of thioether (sulfide) groups is 1. The molecule has 0 unspecified atom stereocenters. The second-order valence-corrected chi connectivity index (χ2v) is 7.10. The van der Waals surface area contributed by atoms with Crippen LogP contribution in [0, 0.1) is 12.7 Å². The van der Waals surface area contributed by atoms with Gasteiger partial charge in [0.1, 0.15) is 5.82 Å². The first kappa shape index (κ1) is 16.0. The molecular formula is C16H12FN5OS2. The maximum Gasteiger partial charge on any atom is 0.237 e. The van der Waals surface area contributed by atoms with Crippen LogP contribution in [0.5, 0.6) is 0 Å². The minimum atomic E-state index is -0.292. The summed E-state index contributed by atoms with van der Waals surface area (Å²) in [6.45, 7) is 1.71. The van der Waals surface area contributed by atoms with Crippen LogP contribution in [0.3, 0.4) is 0 Å². The molecule has 0 aliphatic carbocycles. The molecule has 3 heterocycles. The predicted molar refractivity (Wildman–Crippen MR) is 93.7 cm³/mol. The van der Waals surface area contributed by atoms with Crippen LogP contribution in [-0.2, 0) is 5.75 Å². The number of aromatic amines is 1. The van der Waals surface area contributed by atoms with Gasteiger partial charge in [0.2, 0.25) is 16.9 Å². The number of halogens is 1. The van der Waals surface area contributed by atoms with Crippen molar-refractivity contribution in [2.24, 2.45) is 0 Å². The van der Waals surface area contributed by atoms with Crippen LogP contribution < -0.4 is 0 Å². The lowest BCUT2D eigenvalue weighted by molar-refractivity contribution is 0.391. The van der Waals surface area contributed by atoms with E-state index in [2.05, 4.69) is 25.3 Å². The highest BCUT2D eigenvalue weighted by Gasteiger charge is 2.13. The Balaban J connectivity index is 1.44. The molecule has 1 aromatic carbocycles. The van der Waals surface area contributed by atoms with Crippen molar-refractivity contribution in [3.05, 3.63) is 53.0 Å². The maximum absolute atomic E-state index is 13.7. The largest absolute Gasteiger partial charge is 0.338 e. The van der Waals surface area contributed by atoms with Crippen LogP contribution >= 0.6 is 23.1 Å². The lowest BCUT2D eigenvalue weighted by Gasteiger charge is -1.97. The quantitative estimate of drug-likeness (QED) is 0.525. The Bertz CT molecular complexity index is 996. The molecular weight excluding hydrogens is 361 g/mol. The number of nitrogens with one attached hydrogen (secondary N) is 1. The Morgan fingerprint density at radius 2 is 2.20 bits per heavy atom. The van der Waals surface area contributed by atoms with Gasteiger partial charge in [-0.25, -0.2) is 9.37 Å². The summed E-state index contributed by atoms with van der Waals surface area (Å²) >= 11 is 2.98. The van der Waals surface area contributed by atoms with E-state index in [1.165, 1.54) is 17.8 Å². The minimum absolute atomic E-state index is 0.292. The first-order valence-corrected chi connectivity index (χ1v) is 9.24. The average Bonchev–Trinajstić information content (AvgIpc) is 3.36. The van der Waals surface area contributed by atoms with E-state index >= 15 is 0 Å². The number of hydrogen-bond donors (Lipinski definition) is 1. The monoisotopic (exact) mass is 373 g/mol. The summed E-state index contributed by atoms with van der Waals surface area (Å²) in [6.07, 6.45) is 0. The molecule has 0 radical (unpaired) electrons. The van der Waals surface area contributed by atoms with Crippen molar-refractivity contribution in [2.75, 3.05) is 0 Å². The Kier molecular flexibility index (Phi) is 4.33. The van der Waals surface area contributed by atoms with Crippen molar-refractivity contribution in [3.63, 3.8) is 0 Å². The van der Waals surface area contributed by atoms with E-state index in [0.717, 1.165) is 10.7 Å². The molecule has 0 saturated carbocycles. The number of H-pyrrole nitrogens is 1. The number of rotatable bonds is 5. The smallest absolute Gasteiger partial charge is 0.237 e. The fourth-order valence-electron chi connectivity index (χ4n) is 2.12. The van der Waals surface area contributed by atoms with E-state index in [-0.39, 0.29) is 5.82 Å². The van der Waals surface area contributed by atoms with Gasteiger partial charge in [-0.2, -0.15) is 4.98 Å². The van der Waals surface area contributed by atoms with Crippen molar-refractivity contribution in [2.45, 2.75) is 17.8 Å². The van der Waals surface area contributed by atoms with E-state index in [1.54, 1.807) is 30.4 Å². The Labute approximate surface area is 150 Å². The minimum Gasteiger partial charge on any atom is -0.338 e. The van der Waals surface area contributed by atoms with E-state index in [1.807, 2.05) is 17.5 Å². The molecule has 6 nitrogen and oxygen atoms in total. The van der Waals surface area contributed by atoms with Crippen molar-refractivity contribution in [3.8, 4) is 22.1 Å². The molecule has 0 atom stereocenters. The van der Waals surface area contributed by atoms with Crippen LogP contribution in [-0.4, -0.2) is 25.3 Å². The molecule has 0 aliphatic rings. The van der Waals surface area contributed by atoms with Crippen LogP contribution in [0.2, 0.25) is 0 Å². The third-order valence-corrected chi connectivity index (χ3v) is 5.15. The second-order valence-electron chi connectivity index (χ2n) is 5.21. The molecule has 126 valence electrons. The molecule has 9 heteroatoms. The van der Waals surface area contributed by atoms with Gasteiger partial charge in [-0.1, -0.05) is 35.1 Å². The molecule has 4 rings (SSSR count). The van der Waals surface area contributed by atoms with Crippen molar-refractivity contribution >= 4 is 23.1 Å². The topological polar surface area (TPSA) is 80.5 Å². The molecule has 1 N–H and O–H groups in total. The van der Waals surface area contributed by atoms with Gasteiger partial charge >= 0.3 is 0 Å². The molecule has 0 spiro atoms. The van der Waals surface area contributed by atoms with Gasteiger partial charge in [0, 0.05) is 5.56 Å². The highest BCUT2D eigenvalue weighted by atomic mass is 32.2. The summed E-state index contributed by atoms with van der Waals surface area (Å²) in [5.74, 6) is 1.68. The molecule has 0 fully saturated rings. The summed E-state index contributed by atoms with van der Waals surface area (Å²) in [5, 5.41) is 13.6. The second kappa shape index (κ2) is 6.77. The van der Waals surface area contributed by atoms with Gasteiger partial charge < -0.3 is 4.52 Å². The molecule has 0 bridgehead atoms. The van der Waals surface area contributed by atoms with Gasteiger partial charge in [0.15, 0.2) is 5.82 Å². The SMILES string of the molecule is Cc1ccc(-c2noc(CSc3n[nH]c(-c4cccs4)n3)n2)cc1F. The van der Waals surface area contributed by atoms with E-state index in [9.17, 15) is 4.39 Å². The van der Waals surface area contributed by atoms with Crippen molar-refractivity contribution < 1.29 is 8.91 Å². The molecule has 0 aliphatic heterocycles. The zero-order chi connectivity index (χ0) is 17.2. The first-order chi connectivity index (χ1) is 12.2. The summed E-state index contributed by atoms with van der Waals surface area (Å²) in [6, 6.07) is 8.80. The third-order valence-electron chi connectivity index (χ3n) is 3.44. The van der Waals surface area contributed by atoms with Gasteiger partial charge in [-0.3, -0.25) is 5.10 Å². The van der Waals surface area contributed by atoms with Gasteiger partial charge in [0.05, 0.1) is 10.6 Å². The maximum atomic E-state index is 13.7. The van der Waals surface area contributed by atoms with Crippen LogP contribution in [0.25, 0.3) is 22.1 Å². The number of benzene rings is 1. The summed E-state index contributed by atoms with van der Waals surface area (Å²) in [5.41, 5.74) is 1.16. The standard InChI is InChI=1S/C16H12FN5OS2/c1-9-4-5-10(7-11(9)17)14-18-13(23-22-14)8-25-16-19-15(20-21-16)12-3-2-6-24-12/h2-7H,8H2,1H3,(H,19,20,21). The molecule has 0 saturated heterocycles. The fraction of sp³-hybridized carbons (Fsp3) is 0.125. The molecule has 4 aromatic rings. The zero-order valence-electron chi connectivity index (χ0n) is 13.1. The van der Waals surface area contributed by atoms with E-state index in [4.69, 9.17) is 4.52 Å². The van der Waals surface area contributed by atoms with E-state index in [0.29, 0.717) is 33.8 Å². The Morgan fingerprint density at radius 1 is 1.28 bits per heavy atom. The van der Waals surface area contributed by atoms with Crippen molar-refractivity contribution in [1.29, 1.82) is 0 Å². The highest BCUT2D eigenvalue weighted by molar-refractivity contribution is 7.98. The van der Waals surface area contributed by atoms with Crippen LogP contribution in [0.4, 0.5) is 4.39 Å². The number of nitrogens with zero attached hydrogens (tertiary/aromatic N) is 4. The van der Waals surface area contributed by atoms with Crippen LogP contribution in [0.1, 0.15) is 11.5 Å². The van der Waals surface area contributed by atoms with Crippen molar-refractivity contribution in [1.82, 2.24) is 25.3 Å². The fourth-order valence-corrected chi connectivity index (χ4v) is 3.42. The number of thiophene rings is 1. The first-order valence-electron chi connectivity index (χ1n) is 7.37. The van der Waals surface area contributed by atoms with Gasteiger partial charge in [-0.05, 0) is 30.0 Å². The van der Waals surface area contributed by atoms with E-state index < -0.39 is 0 Å². The summed E-state index contributed by atoms with van der Waals surface area (Å²) in [7, 11) is 0. The number of aryl methyl sites for hydroxylation is 1. The Morgan fingerprint density at radius 3 is 3.00 bits per heavy atom. The summed E-state index contributed by atoms with van der Waals surface area (Å²) in [4.78, 5) is 9.74. The third kappa shape index (κ3) is 3.47. The number of aromatic nitrogens is 5. The molecule has 0 amide bonds. The molecule has 25 heavy (non-hydrogen) atoms. The lowest BCUT2D eigenvalue weighted by Crippen LogP contribution is -1.87. The number of hydrogen-bond acceptors (Lipinski definition) is 7. The van der Waals surface area contributed by atoms with Crippen LogP contribution in [0.15, 0.2) is 45.4 Å². The average molecular weight is 373 g/mol. The predicted octanol–water partition coefficient (Wildman–Crippen LogP) is 4.32. The van der Waals surface area contributed by atoms with Gasteiger partial charge in [-0.15, -0.1) is 16.4 Å². The normalized spacial score (nSPS) is 11.1. The highest BCUT2D eigenvalue weighted by Crippen LogP contribution is 2.25. The zero-order valence-corrected chi connectivity index (χ0v) is 14.7. The Hall–Kier alpha value is -2.52. The summed E-state index contributed by atoms with van der Waals surface area (Å²) < 4.78 is 18.9.